The molecule has 0 fully saturated rings. The van der Waals surface area contributed by atoms with E-state index in [-0.39, 0.29) is 5.82 Å². The van der Waals surface area contributed by atoms with E-state index in [1.807, 2.05) is 24.3 Å². The minimum absolute atomic E-state index is 0.328. The summed E-state index contributed by atoms with van der Waals surface area (Å²) in [5.74, 6) is 0.133. The average Bonchev–Trinajstić information content (AvgIpc) is 2.44. The molecule has 19 heavy (non-hydrogen) atoms. The van der Waals surface area contributed by atoms with Crippen molar-refractivity contribution in [3.8, 4) is 0 Å². The van der Waals surface area contributed by atoms with Gasteiger partial charge in [0.25, 0.3) is 0 Å². The van der Waals surface area contributed by atoms with Crippen LogP contribution in [0.25, 0.3) is 10.8 Å². The van der Waals surface area contributed by atoms with E-state index in [4.69, 9.17) is 11.6 Å². The smallest absolute Gasteiger partial charge is 0.161 e. The summed E-state index contributed by atoms with van der Waals surface area (Å²) < 4.78 is 13.6. The molecule has 3 nitrogen and oxygen atoms in total. The Balaban J connectivity index is 2.12. The highest BCUT2D eigenvalue weighted by atomic mass is 35.5. The van der Waals surface area contributed by atoms with Crippen LogP contribution in [0.3, 0.4) is 0 Å². The molecular weight excluding hydrogens is 265 g/mol. The number of hydrogen-bond donors (Lipinski definition) is 1. The van der Waals surface area contributed by atoms with Gasteiger partial charge in [-0.15, -0.1) is 10.2 Å². The maximum absolute atomic E-state index is 13.6. The van der Waals surface area contributed by atoms with Crippen LogP contribution >= 0.6 is 11.6 Å². The molecule has 1 N–H and O–H groups in total. The highest BCUT2D eigenvalue weighted by molar-refractivity contribution is 6.34. The second-order valence-electron chi connectivity index (χ2n) is 3.99. The molecule has 0 radical (unpaired) electrons. The highest BCUT2D eigenvalue weighted by Crippen LogP contribution is 2.28. The van der Waals surface area contributed by atoms with Crippen LogP contribution < -0.4 is 5.32 Å². The largest absolute Gasteiger partial charge is 0.336 e. The van der Waals surface area contributed by atoms with Gasteiger partial charge in [-0.25, -0.2) is 4.39 Å². The quantitative estimate of drug-likeness (QED) is 0.762. The first-order chi connectivity index (χ1) is 9.25. The van der Waals surface area contributed by atoms with E-state index in [1.54, 1.807) is 18.2 Å². The molecule has 5 heteroatoms. The maximum Gasteiger partial charge on any atom is 0.161 e. The Labute approximate surface area is 114 Å². The third kappa shape index (κ3) is 2.22. The van der Waals surface area contributed by atoms with Crippen molar-refractivity contribution < 1.29 is 4.39 Å². The van der Waals surface area contributed by atoms with Crippen molar-refractivity contribution in [3.05, 3.63) is 59.5 Å². The van der Waals surface area contributed by atoms with Crippen LogP contribution in [0.2, 0.25) is 5.15 Å². The van der Waals surface area contributed by atoms with Crippen LogP contribution in [0.5, 0.6) is 0 Å². The van der Waals surface area contributed by atoms with Crippen molar-refractivity contribution in [2.75, 3.05) is 5.32 Å². The van der Waals surface area contributed by atoms with Gasteiger partial charge >= 0.3 is 0 Å². The minimum Gasteiger partial charge on any atom is -0.336 e. The van der Waals surface area contributed by atoms with Crippen LogP contribution in [0.15, 0.2) is 48.5 Å². The zero-order chi connectivity index (χ0) is 13.2. The fourth-order valence-electron chi connectivity index (χ4n) is 1.85. The number of para-hydroxylation sites is 1. The molecule has 0 bridgehead atoms. The molecule has 0 amide bonds. The summed E-state index contributed by atoms with van der Waals surface area (Å²) in [7, 11) is 0. The molecule has 3 aromatic rings. The topological polar surface area (TPSA) is 37.8 Å². The van der Waals surface area contributed by atoms with Crippen LogP contribution in [0.1, 0.15) is 0 Å². The van der Waals surface area contributed by atoms with E-state index < -0.39 is 0 Å². The first kappa shape index (κ1) is 11.9. The fourth-order valence-corrected chi connectivity index (χ4v) is 2.06. The second kappa shape index (κ2) is 4.82. The summed E-state index contributed by atoms with van der Waals surface area (Å²) in [4.78, 5) is 0. The van der Waals surface area contributed by atoms with Crippen molar-refractivity contribution in [1.82, 2.24) is 10.2 Å². The Hall–Kier alpha value is -2.20. The lowest BCUT2D eigenvalue weighted by Gasteiger charge is -2.09. The normalized spacial score (nSPS) is 10.6. The molecule has 1 heterocycles. The molecule has 3 rings (SSSR count). The molecule has 0 aliphatic rings. The second-order valence-corrected chi connectivity index (χ2v) is 4.35. The Morgan fingerprint density at radius 2 is 1.58 bits per heavy atom. The first-order valence-electron chi connectivity index (χ1n) is 5.68. The third-order valence-corrected chi connectivity index (χ3v) is 3.05. The molecule has 0 aliphatic carbocycles. The van der Waals surface area contributed by atoms with E-state index >= 15 is 0 Å². The van der Waals surface area contributed by atoms with Gasteiger partial charge in [0, 0.05) is 10.8 Å². The number of hydrogen-bond acceptors (Lipinski definition) is 3. The van der Waals surface area contributed by atoms with Crippen molar-refractivity contribution in [3.63, 3.8) is 0 Å². The van der Waals surface area contributed by atoms with Crippen LogP contribution in [0.4, 0.5) is 15.9 Å². The molecular formula is C14H9ClFN3. The number of fused-ring (bicyclic) bond motifs is 1. The third-order valence-electron chi connectivity index (χ3n) is 2.77. The van der Waals surface area contributed by atoms with Gasteiger partial charge < -0.3 is 5.32 Å². The standard InChI is InChI=1S/C14H9ClFN3/c15-13-9-5-1-2-6-10(9)14(19-18-13)17-12-8-4-3-7-11(12)16/h1-8H,(H,17,19). The zero-order valence-corrected chi connectivity index (χ0v) is 10.5. The Bertz CT molecular complexity index is 746. The molecule has 0 saturated heterocycles. The Kier molecular flexibility index (Phi) is 3.01. The zero-order valence-electron chi connectivity index (χ0n) is 9.77. The Morgan fingerprint density at radius 3 is 2.37 bits per heavy atom. The van der Waals surface area contributed by atoms with Gasteiger partial charge in [0.1, 0.15) is 5.82 Å². The summed E-state index contributed by atoms with van der Waals surface area (Å²) >= 11 is 5.99. The van der Waals surface area contributed by atoms with Crippen molar-refractivity contribution in [2.45, 2.75) is 0 Å². The highest BCUT2D eigenvalue weighted by Gasteiger charge is 2.09. The molecule has 94 valence electrons. The van der Waals surface area contributed by atoms with Crippen molar-refractivity contribution in [2.24, 2.45) is 0 Å². The van der Waals surface area contributed by atoms with E-state index in [2.05, 4.69) is 15.5 Å². The summed E-state index contributed by atoms with van der Waals surface area (Å²) in [5.41, 5.74) is 0.351. The van der Waals surface area contributed by atoms with E-state index in [0.29, 0.717) is 16.7 Å². The lowest BCUT2D eigenvalue weighted by Crippen LogP contribution is -1.99. The Morgan fingerprint density at radius 1 is 0.895 bits per heavy atom. The summed E-state index contributed by atoms with van der Waals surface area (Å²) in [5, 5.41) is 12.7. The molecule has 0 unspecified atom stereocenters. The summed E-state index contributed by atoms with van der Waals surface area (Å²) in [6.45, 7) is 0. The van der Waals surface area contributed by atoms with Gasteiger partial charge in [-0.3, -0.25) is 0 Å². The van der Waals surface area contributed by atoms with Gasteiger partial charge in [-0.05, 0) is 12.1 Å². The molecule has 1 aromatic heterocycles. The van der Waals surface area contributed by atoms with Gasteiger partial charge in [0.15, 0.2) is 11.0 Å². The van der Waals surface area contributed by atoms with Crippen LogP contribution in [-0.2, 0) is 0 Å². The SMILES string of the molecule is Fc1ccccc1Nc1nnc(Cl)c2ccccc12. The molecule has 0 spiro atoms. The monoisotopic (exact) mass is 273 g/mol. The van der Waals surface area contributed by atoms with Crippen molar-refractivity contribution in [1.29, 1.82) is 0 Å². The van der Waals surface area contributed by atoms with Crippen LogP contribution in [-0.4, -0.2) is 10.2 Å². The molecule has 2 aromatic carbocycles. The number of nitrogens with zero attached hydrogens (tertiary/aromatic N) is 2. The molecule has 0 saturated carbocycles. The summed E-state index contributed by atoms with van der Waals surface area (Å²) in [6, 6.07) is 13.8. The minimum atomic E-state index is -0.344. The number of halogens is 2. The number of rotatable bonds is 2. The molecule has 0 atom stereocenters. The number of aromatic nitrogens is 2. The summed E-state index contributed by atoms with van der Waals surface area (Å²) in [6.07, 6.45) is 0. The van der Waals surface area contributed by atoms with Crippen molar-refractivity contribution >= 4 is 33.9 Å². The lowest BCUT2D eigenvalue weighted by molar-refractivity contribution is 0.632. The number of benzene rings is 2. The maximum atomic E-state index is 13.6. The van der Waals surface area contributed by atoms with Gasteiger partial charge in [-0.2, -0.15) is 0 Å². The van der Waals surface area contributed by atoms with Gasteiger partial charge in [0.05, 0.1) is 5.69 Å². The van der Waals surface area contributed by atoms with Gasteiger partial charge in [-0.1, -0.05) is 48.0 Å². The van der Waals surface area contributed by atoms with Crippen LogP contribution in [0, 0.1) is 5.82 Å². The first-order valence-corrected chi connectivity index (χ1v) is 6.06. The average molecular weight is 274 g/mol. The van der Waals surface area contributed by atoms with E-state index in [9.17, 15) is 4.39 Å². The number of anilines is 2. The lowest BCUT2D eigenvalue weighted by atomic mass is 10.2. The van der Waals surface area contributed by atoms with E-state index in [0.717, 1.165) is 10.8 Å². The number of nitrogens with one attached hydrogen (secondary N) is 1. The fraction of sp³-hybridized carbons (Fsp3) is 0. The molecule has 0 aliphatic heterocycles. The predicted octanol–water partition coefficient (Wildman–Crippen LogP) is 4.17. The predicted molar refractivity (Wildman–Crippen MR) is 74.2 cm³/mol. The van der Waals surface area contributed by atoms with E-state index in [1.165, 1.54) is 6.07 Å². The van der Waals surface area contributed by atoms with Gasteiger partial charge in [0.2, 0.25) is 0 Å².